The zero-order chi connectivity index (χ0) is 11.3. The average Bonchev–Trinajstić information content (AvgIpc) is 2.17. The third-order valence-electron chi connectivity index (χ3n) is 1.91. The molecule has 6 heteroatoms. The van der Waals surface area contributed by atoms with Crippen molar-refractivity contribution in [2.75, 3.05) is 13.1 Å². The Bertz CT molecular complexity index is 261. The van der Waals surface area contributed by atoms with Crippen LogP contribution < -0.4 is 30.7 Å². The predicted molar refractivity (Wildman–Crippen MR) is 48.4 cm³/mol. The van der Waals surface area contributed by atoms with Gasteiger partial charge in [0, 0.05) is 0 Å². The van der Waals surface area contributed by atoms with Gasteiger partial charge in [0.1, 0.15) is 0 Å². The SMILES string of the molecule is NCCN[I-]C1=CC=CCC1C(F)(F)F. The van der Waals surface area contributed by atoms with Gasteiger partial charge in [-0.25, -0.2) is 0 Å². The van der Waals surface area contributed by atoms with Crippen molar-refractivity contribution < 1.29 is 34.7 Å². The molecule has 0 saturated heterocycles. The second-order valence-electron chi connectivity index (χ2n) is 3.08. The van der Waals surface area contributed by atoms with Crippen LogP contribution in [0.1, 0.15) is 6.42 Å². The summed E-state index contributed by atoms with van der Waals surface area (Å²) in [6, 6.07) is 0. The van der Waals surface area contributed by atoms with Gasteiger partial charge in [-0.15, -0.1) is 0 Å². The van der Waals surface area contributed by atoms with E-state index in [9.17, 15) is 13.2 Å². The van der Waals surface area contributed by atoms with Crippen LogP contribution in [0.2, 0.25) is 0 Å². The molecule has 0 radical (unpaired) electrons. The first-order valence-corrected chi connectivity index (χ1v) is 6.71. The summed E-state index contributed by atoms with van der Waals surface area (Å²) in [6.45, 7) is 1.04. The van der Waals surface area contributed by atoms with Crippen LogP contribution in [-0.2, 0) is 0 Å². The van der Waals surface area contributed by atoms with Crippen LogP contribution in [0.5, 0.6) is 0 Å². The molecular weight excluding hydrogens is 320 g/mol. The van der Waals surface area contributed by atoms with E-state index < -0.39 is 33.6 Å². The molecule has 3 N–H and O–H groups in total. The fourth-order valence-electron chi connectivity index (χ4n) is 1.17. The molecule has 1 aliphatic rings. The molecule has 0 aromatic rings. The Labute approximate surface area is 97.4 Å². The van der Waals surface area contributed by atoms with Crippen LogP contribution in [-0.4, -0.2) is 19.3 Å². The molecule has 15 heavy (non-hydrogen) atoms. The molecule has 1 unspecified atom stereocenters. The van der Waals surface area contributed by atoms with Gasteiger partial charge >= 0.3 is 97.3 Å². The second-order valence-corrected chi connectivity index (χ2v) is 5.62. The third-order valence-corrected chi connectivity index (χ3v) is 4.56. The second kappa shape index (κ2) is 5.86. The van der Waals surface area contributed by atoms with Gasteiger partial charge in [-0.2, -0.15) is 0 Å². The van der Waals surface area contributed by atoms with Crippen LogP contribution in [0, 0.1) is 5.92 Å². The molecule has 0 spiro atoms. The molecule has 2 nitrogen and oxygen atoms in total. The number of hydrogen-bond donors (Lipinski definition) is 2. The van der Waals surface area contributed by atoms with Crippen LogP contribution in [0.4, 0.5) is 13.2 Å². The zero-order valence-electron chi connectivity index (χ0n) is 8.02. The van der Waals surface area contributed by atoms with Gasteiger partial charge in [-0.1, -0.05) is 0 Å². The number of allylic oxidation sites excluding steroid dienone is 4. The van der Waals surface area contributed by atoms with E-state index in [-0.39, 0.29) is 6.42 Å². The summed E-state index contributed by atoms with van der Waals surface area (Å²) in [6.07, 6.45) is 0.786. The monoisotopic (exact) mass is 333 g/mol. The molecule has 88 valence electrons. The Morgan fingerprint density at radius 1 is 1.53 bits per heavy atom. The van der Waals surface area contributed by atoms with E-state index in [2.05, 4.69) is 3.53 Å². The molecule has 0 amide bonds. The Balaban J connectivity index is 2.57. The van der Waals surface area contributed by atoms with Crippen molar-refractivity contribution in [3.8, 4) is 0 Å². The number of nitrogens with two attached hydrogens (primary N) is 1. The van der Waals surface area contributed by atoms with E-state index in [4.69, 9.17) is 5.73 Å². The summed E-state index contributed by atoms with van der Waals surface area (Å²) in [5, 5.41) is 0. The van der Waals surface area contributed by atoms with Gasteiger partial charge in [0.05, 0.1) is 0 Å². The van der Waals surface area contributed by atoms with Crippen molar-refractivity contribution >= 4 is 0 Å². The average molecular weight is 333 g/mol. The number of halogens is 4. The summed E-state index contributed by atoms with van der Waals surface area (Å²) >= 11 is -0.749. The van der Waals surface area contributed by atoms with Gasteiger partial charge in [-0.05, 0) is 0 Å². The summed E-state index contributed by atoms with van der Waals surface area (Å²) in [4.78, 5) is 0. The first kappa shape index (κ1) is 13.0. The van der Waals surface area contributed by atoms with Crippen LogP contribution in [0.3, 0.4) is 0 Å². The third kappa shape index (κ3) is 4.12. The van der Waals surface area contributed by atoms with E-state index in [0.29, 0.717) is 16.7 Å². The summed E-state index contributed by atoms with van der Waals surface area (Å²) < 4.78 is 41.3. The van der Waals surface area contributed by atoms with E-state index in [1.807, 2.05) is 0 Å². The summed E-state index contributed by atoms with van der Waals surface area (Å²) in [5.74, 6) is -1.29. The maximum atomic E-state index is 12.6. The Kier molecular flexibility index (Phi) is 5.07. The van der Waals surface area contributed by atoms with Crippen molar-refractivity contribution in [1.82, 2.24) is 3.53 Å². The first-order chi connectivity index (χ1) is 7.05. The van der Waals surface area contributed by atoms with Gasteiger partial charge < -0.3 is 0 Å². The Morgan fingerprint density at radius 2 is 2.27 bits per heavy atom. The predicted octanol–water partition coefficient (Wildman–Crippen LogP) is -1.44. The van der Waals surface area contributed by atoms with Crippen molar-refractivity contribution in [1.29, 1.82) is 0 Å². The fourth-order valence-corrected chi connectivity index (χ4v) is 3.56. The molecule has 0 aliphatic heterocycles. The molecule has 1 atom stereocenters. The number of rotatable bonds is 4. The first-order valence-electron chi connectivity index (χ1n) is 4.56. The summed E-state index contributed by atoms with van der Waals surface area (Å²) in [7, 11) is 0. The fraction of sp³-hybridized carbons (Fsp3) is 0.556. The van der Waals surface area contributed by atoms with Crippen molar-refractivity contribution in [2.45, 2.75) is 12.6 Å². The molecule has 0 fully saturated rings. The molecule has 0 aromatic carbocycles. The van der Waals surface area contributed by atoms with Crippen LogP contribution in [0.25, 0.3) is 0 Å². The quantitative estimate of drug-likeness (QED) is 0.376. The minimum absolute atomic E-state index is 0.0688. The van der Waals surface area contributed by atoms with Gasteiger partial charge in [0.15, 0.2) is 0 Å². The Hall–Kier alpha value is -0.0800. The van der Waals surface area contributed by atoms with Gasteiger partial charge in [-0.3, -0.25) is 0 Å². The molecule has 1 aliphatic carbocycles. The minimum atomic E-state index is -4.12. The molecule has 0 saturated carbocycles. The van der Waals surface area contributed by atoms with Crippen LogP contribution in [0.15, 0.2) is 21.8 Å². The number of nitrogens with one attached hydrogen (secondary N) is 1. The molecular formula is C9H13F3IN2-. The molecule has 0 aromatic heterocycles. The summed E-state index contributed by atoms with van der Waals surface area (Å²) in [5.41, 5.74) is 5.26. The van der Waals surface area contributed by atoms with E-state index in [1.54, 1.807) is 18.2 Å². The molecule has 0 bridgehead atoms. The number of hydrogen-bond acceptors (Lipinski definition) is 2. The van der Waals surface area contributed by atoms with Crippen molar-refractivity contribution in [3.05, 3.63) is 21.8 Å². The zero-order valence-corrected chi connectivity index (χ0v) is 10.2. The van der Waals surface area contributed by atoms with Crippen molar-refractivity contribution in [3.63, 3.8) is 0 Å². The van der Waals surface area contributed by atoms with Gasteiger partial charge in [0.25, 0.3) is 0 Å². The van der Waals surface area contributed by atoms with E-state index in [1.165, 1.54) is 0 Å². The topological polar surface area (TPSA) is 38.0 Å². The normalized spacial score (nSPS) is 21.9. The molecule has 0 heterocycles. The van der Waals surface area contributed by atoms with E-state index >= 15 is 0 Å². The number of alkyl halides is 3. The molecule has 1 rings (SSSR count). The maximum absolute atomic E-state index is 12.6. The van der Waals surface area contributed by atoms with E-state index in [0.717, 1.165) is 0 Å². The van der Waals surface area contributed by atoms with Crippen molar-refractivity contribution in [2.24, 2.45) is 11.7 Å². The van der Waals surface area contributed by atoms with Crippen LogP contribution >= 0.6 is 0 Å². The standard InChI is InChI=1S/C9H13F3IN2/c10-9(11,12)7-3-1-2-4-8(7)13-15-6-5-14/h1-2,4,7,15H,3,5-6,14H2/q-1. The Morgan fingerprint density at radius 3 is 2.87 bits per heavy atom. The van der Waals surface area contributed by atoms with Gasteiger partial charge in [0.2, 0.25) is 0 Å².